The summed E-state index contributed by atoms with van der Waals surface area (Å²) in [4.78, 5) is 16.0. The average Bonchev–Trinajstić information content (AvgIpc) is 2.79. The van der Waals surface area contributed by atoms with Crippen molar-refractivity contribution in [2.75, 3.05) is 0 Å². The van der Waals surface area contributed by atoms with E-state index in [0.717, 1.165) is 12.1 Å². The minimum absolute atomic E-state index is 0.134. The normalized spacial score (nSPS) is 12.6. The van der Waals surface area contributed by atoms with Gasteiger partial charge in [-0.25, -0.2) is 9.78 Å². The van der Waals surface area contributed by atoms with Gasteiger partial charge in [-0.05, 0) is 27.2 Å². The number of nitrogens with zero attached hydrogens (tertiary/aromatic N) is 2. The first-order valence-corrected chi connectivity index (χ1v) is 6.80. The lowest BCUT2D eigenvalue weighted by Crippen LogP contribution is -2.35. The molecule has 0 aliphatic heterocycles. The van der Waals surface area contributed by atoms with Crippen LogP contribution in [0.5, 0.6) is 0 Å². The minimum atomic E-state index is -0.508. The van der Waals surface area contributed by atoms with E-state index >= 15 is 0 Å². The van der Waals surface area contributed by atoms with Crippen molar-refractivity contribution in [3.05, 3.63) is 18.2 Å². The number of nitrogens with one attached hydrogen (secondary N) is 1. The fourth-order valence-corrected chi connectivity index (χ4v) is 1.83. The number of aromatic nitrogens is 2. The van der Waals surface area contributed by atoms with Crippen LogP contribution in [0.1, 0.15) is 52.3 Å². The van der Waals surface area contributed by atoms with E-state index in [1.165, 1.54) is 0 Å². The fraction of sp³-hybridized carbons (Fsp3) is 0.600. The number of amides is 1. The van der Waals surface area contributed by atoms with E-state index in [2.05, 4.69) is 16.2 Å². The molecule has 0 aromatic carbocycles. The number of aryl methyl sites for hydroxylation is 1. The quantitative estimate of drug-likeness (QED) is 0.842. The number of alkyl carbamates (subject to hydrolysis) is 1. The van der Waals surface area contributed by atoms with Crippen LogP contribution >= 0.6 is 0 Å². The summed E-state index contributed by atoms with van der Waals surface area (Å²) in [5.74, 6) is 2.60. The number of ether oxygens (including phenoxy) is 1. The summed E-state index contributed by atoms with van der Waals surface area (Å²) < 4.78 is 7.24. The Balaban J connectivity index is 2.74. The molecule has 0 aliphatic rings. The topological polar surface area (TPSA) is 56.2 Å². The Hall–Kier alpha value is -1.96. The zero-order chi connectivity index (χ0) is 15.2. The van der Waals surface area contributed by atoms with Crippen molar-refractivity contribution in [1.29, 1.82) is 0 Å². The van der Waals surface area contributed by atoms with Crippen molar-refractivity contribution < 1.29 is 9.53 Å². The maximum Gasteiger partial charge on any atom is 0.408 e. The van der Waals surface area contributed by atoms with Gasteiger partial charge in [0.15, 0.2) is 0 Å². The first-order chi connectivity index (χ1) is 9.37. The first-order valence-electron chi connectivity index (χ1n) is 6.80. The van der Waals surface area contributed by atoms with Gasteiger partial charge in [-0.15, -0.1) is 12.3 Å². The highest BCUT2D eigenvalue weighted by atomic mass is 16.6. The summed E-state index contributed by atoms with van der Waals surface area (Å²) in [5, 5.41) is 2.87. The molecule has 1 atom stereocenters. The van der Waals surface area contributed by atoms with E-state index in [4.69, 9.17) is 11.2 Å². The van der Waals surface area contributed by atoms with Gasteiger partial charge in [0.1, 0.15) is 5.60 Å². The van der Waals surface area contributed by atoms with Gasteiger partial charge in [0.2, 0.25) is 0 Å². The Morgan fingerprint density at radius 2 is 2.30 bits per heavy atom. The van der Waals surface area contributed by atoms with E-state index in [0.29, 0.717) is 13.0 Å². The third-order valence-electron chi connectivity index (χ3n) is 2.70. The number of carbonyl (C=O) groups is 1. The monoisotopic (exact) mass is 277 g/mol. The van der Waals surface area contributed by atoms with Crippen LogP contribution in [0.2, 0.25) is 0 Å². The summed E-state index contributed by atoms with van der Waals surface area (Å²) in [6, 6.07) is -0.134. The van der Waals surface area contributed by atoms with E-state index in [-0.39, 0.29) is 6.04 Å². The molecule has 0 fully saturated rings. The van der Waals surface area contributed by atoms with Gasteiger partial charge in [-0.2, -0.15) is 0 Å². The highest BCUT2D eigenvalue weighted by Gasteiger charge is 2.21. The molecule has 0 spiro atoms. The van der Waals surface area contributed by atoms with Gasteiger partial charge in [-0.1, -0.05) is 6.92 Å². The maximum atomic E-state index is 11.9. The van der Waals surface area contributed by atoms with Crippen LogP contribution in [0.25, 0.3) is 0 Å². The summed E-state index contributed by atoms with van der Waals surface area (Å²) in [6.45, 7) is 8.21. The van der Waals surface area contributed by atoms with Crippen LogP contribution < -0.4 is 5.32 Å². The number of imidazole rings is 1. The predicted molar refractivity (Wildman–Crippen MR) is 78.1 cm³/mol. The molecule has 110 valence electrons. The summed E-state index contributed by atoms with van der Waals surface area (Å²) in [5.41, 5.74) is 0.431. The van der Waals surface area contributed by atoms with Crippen LogP contribution in [-0.2, 0) is 11.3 Å². The SMILES string of the molecule is C#CCCn1cncc1[C@@H](CC)NC(=O)OC(C)(C)C. The molecule has 1 rings (SSSR count). The van der Waals surface area contributed by atoms with Crippen molar-refractivity contribution in [1.82, 2.24) is 14.9 Å². The highest BCUT2D eigenvalue weighted by Crippen LogP contribution is 2.18. The van der Waals surface area contributed by atoms with Gasteiger partial charge < -0.3 is 14.6 Å². The number of hydrogen-bond donors (Lipinski definition) is 1. The average molecular weight is 277 g/mol. The second kappa shape index (κ2) is 6.99. The lowest BCUT2D eigenvalue weighted by Gasteiger charge is -2.23. The van der Waals surface area contributed by atoms with Crippen LogP contribution in [-0.4, -0.2) is 21.2 Å². The molecular formula is C15H23N3O2. The molecule has 5 nitrogen and oxygen atoms in total. The van der Waals surface area contributed by atoms with E-state index in [1.54, 1.807) is 12.5 Å². The molecular weight excluding hydrogens is 254 g/mol. The van der Waals surface area contributed by atoms with Crippen LogP contribution in [0.15, 0.2) is 12.5 Å². The molecule has 1 aromatic heterocycles. The van der Waals surface area contributed by atoms with Gasteiger partial charge in [0.25, 0.3) is 0 Å². The van der Waals surface area contributed by atoms with Crippen molar-refractivity contribution in [2.24, 2.45) is 0 Å². The smallest absolute Gasteiger partial charge is 0.408 e. The zero-order valence-corrected chi connectivity index (χ0v) is 12.6. The third kappa shape index (κ3) is 4.96. The molecule has 0 unspecified atom stereocenters. The van der Waals surface area contributed by atoms with Gasteiger partial charge in [0, 0.05) is 13.0 Å². The number of rotatable bonds is 5. The molecule has 5 heteroatoms. The fourth-order valence-electron chi connectivity index (χ4n) is 1.83. The van der Waals surface area contributed by atoms with Gasteiger partial charge in [0.05, 0.1) is 24.3 Å². The Labute approximate surface area is 120 Å². The number of terminal acetylenes is 1. The molecule has 1 aromatic rings. The molecule has 1 N–H and O–H groups in total. The van der Waals surface area contributed by atoms with Gasteiger partial charge in [-0.3, -0.25) is 0 Å². The second-order valence-corrected chi connectivity index (χ2v) is 5.57. The zero-order valence-electron chi connectivity index (χ0n) is 12.6. The lowest BCUT2D eigenvalue weighted by atomic mass is 10.1. The molecule has 1 heterocycles. The second-order valence-electron chi connectivity index (χ2n) is 5.57. The van der Waals surface area contributed by atoms with Crippen LogP contribution in [0.3, 0.4) is 0 Å². The Bertz CT molecular complexity index is 480. The lowest BCUT2D eigenvalue weighted by molar-refractivity contribution is 0.0500. The van der Waals surface area contributed by atoms with Crippen molar-refractivity contribution in [3.63, 3.8) is 0 Å². The Kier molecular flexibility index (Phi) is 5.63. The predicted octanol–water partition coefficient (Wildman–Crippen LogP) is 2.88. The number of hydrogen-bond acceptors (Lipinski definition) is 3. The molecule has 20 heavy (non-hydrogen) atoms. The van der Waals surface area contributed by atoms with E-state index in [9.17, 15) is 4.79 Å². The third-order valence-corrected chi connectivity index (χ3v) is 2.70. The molecule has 0 aliphatic carbocycles. The highest BCUT2D eigenvalue weighted by molar-refractivity contribution is 5.68. The van der Waals surface area contributed by atoms with Crippen molar-refractivity contribution in [2.45, 2.75) is 58.7 Å². The molecule has 0 bridgehead atoms. The van der Waals surface area contributed by atoms with Crippen LogP contribution in [0, 0.1) is 12.3 Å². The van der Waals surface area contributed by atoms with E-state index < -0.39 is 11.7 Å². The largest absolute Gasteiger partial charge is 0.444 e. The summed E-state index contributed by atoms with van der Waals surface area (Å²) in [7, 11) is 0. The summed E-state index contributed by atoms with van der Waals surface area (Å²) >= 11 is 0. The standard InChI is InChI=1S/C15H23N3O2/c1-6-8-9-18-11-16-10-13(18)12(7-2)17-14(19)20-15(3,4)5/h1,10-12H,7-9H2,2-5H3,(H,17,19)/t12-/m1/s1. The molecule has 0 saturated heterocycles. The first kappa shape index (κ1) is 16.1. The van der Waals surface area contributed by atoms with Gasteiger partial charge >= 0.3 is 6.09 Å². The van der Waals surface area contributed by atoms with Crippen molar-refractivity contribution in [3.8, 4) is 12.3 Å². The Morgan fingerprint density at radius 1 is 1.60 bits per heavy atom. The van der Waals surface area contributed by atoms with Crippen molar-refractivity contribution >= 4 is 6.09 Å². The number of carbonyl (C=O) groups excluding carboxylic acids is 1. The molecule has 0 radical (unpaired) electrons. The molecule has 0 saturated carbocycles. The van der Waals surface area contributed by atoms with Crippen LogP contribution in [0.4, 0.5) is 4.79 Å². The maximum absolute atomic E-state index is 11.9. The Morgan fingerprint density at radius 3 is 2.85 bits per heavy atom. The molecule has 1 amide bonds. The van der Waals surface area contributed by atoms with E-state index in [1.807, 2.05) is 32.3 Å². The minimum Gasteiger partial charge on any atom is -0.444 e. The summed E-state index contributed by atoms with van der Waals surface area (Å²) in [6.07, 6.45) is 9.72.